The third-order valence-corrected chi connectivity index (χ3v) is 6.19. The number of fused-ring (bicyclic) bond motifs is 1. The van der Waals surface area contributed by atoms with E-state index in [0.29, 0.717) is 10.2 Å². The number of tetrazole rings is 1. The lowest BCUT2D eigenvalue weighted by atomic mass is 9.87. The Morgan fingerprint density at radius 2 is 2.04 bits per heavy atom. The molecule has 0 saturated carbocycles. The number of rotatable bonds is 5. The minimum atomic E-state index is 0.0670. The molecule has 0 spiro atoms. The molecule has 1 aromatic heterocycles. The fourth-order valence-corrected chi connectivity index (χ4v) is 4.49. The normalized spacial score (nSPS) is 15.9. The third kappa shape index (κ3) is 3.91. The van der Waals surface area contributed by atoms with Crippen LogP contribution in [0.15, 0.2) is 53.7 Å². The first-order valence-corrected chi connectivity index (χ1v) is 10.5. The molecule has 1 aliphatic rings. The summed E-state index contributed by atoms with van der Waals surface area (Å²) in [7, 11) is 1.89. The average Bonchev–Trinajstić information content (AvgIpc) is 3.20. The summed E-state index contributed by atoms with van der Waals surface area (Å²) in [6.07, 6.45) is 3.17. The molecule has 6 nitrogen and oxygen atoms in total. The summed E-state index contributed by atoms with van der Waals surface area (Å²) in [6.45, 7) is 0. The highest BCUT2D eigenvalue weighted by molar-refractivity contribution is 7.99. The molecule has 0 N–H and O–H groups in total. The van der Waals surface area contributed by atoms with Crippen molar-refractivity contribution in [3.8, 4) is 5.69 Å². The molecular formula is C20H20ClN5OS. The Labute approximate surface area is 172 Å². The molecule has 1 heterocycles. The lowest BCUT2D eigenvalue weighted by molar-refractivity contribution is -0.129. The highest BCUT2D eigenvalue weighted by Crippen LogP contribution is 2.34. The topological polar surface area (TPSA) is 63.9 Å². The molecule has 3 aromatic rings. The second-order valence-electron chi connectivity index (χ2n) is 6.75. The number of aryl methyl sites for hydroxylation is 1. The standard InChI is InChI=1S/C20H20ClN5OS/c1-25(18-8-4-6-14-5-2-3-7-17(14)18)19(27)13-28-20-22-23-24-26(20)16-11-9-15(21)10-12-16/h2-3,5,7,9-12,18H,4,6,8,13H2,1H3/t18-/m1/s1. The van der Waals surface area contributed by atoms with Gasteiger partial charge in [-0.1, -0.05) is 47.6 Å². The van der Waals surface area contributed by atoms with Crippen molar-refractivity contribution in [1.29, 1.82) is 0 Å². The number of hydrogen-bond acceptors (Lipinski definition) is 5. The fraction of sp³-hybridized carbons (Fsp3) is 0.300. The lowest BCUT2D eigenvalue weighted by Gasteiger charge is -2.33. The zero-order valence-electron chi connectivity index (χ0n) is 15.5. The summed E-state index contributed by atoms with van der Waals surface area (Å²) in [4.78, 5) is 14.7. The number of hydrogen-bond donors (Lipinski definition) is 0. The Morgan fingerprint density at radius 1 is 1.25 bits per heavy atom. The summed E-state index contributed by atoms with van der Waals surface area (Å²) >= 11 is 7.28. The van der Waals surface area contributed by atoms with Crippen LogP contribution < -0.4 is 0 Å². The second-order valence-corrected chi connectivity index (χ2v) is 8.13. The minimum Gasteiger partial charge on any atom is -0.338 e. The van der Waals surface area contributed by atoms with Gasteiger partial charge in [0.25, 0.3) is 0 Å². The molecule has 0 saturated heterocycles. The van der Waals surface area contributed by atoms with Gasteiger partial charge in [-0.15, -0.1) is 5.10 Å². The van der Waals surface area contributed by atoms with Crippen LogP contribution in [0.5, 0.6) is 0 Å². The largest absolute Gasteiger partial charge is 0.338 e. The van der Waals surface area contributed by atoms with Crippen molar-refractivity contribution in [2.75, 3.05) is 12.8 Å². The van der Waals surface area contributed by atoms with Crippen LogP contribution in [-0.2, 0) is 11.2 Å². The van der Waals surface area contributed by atoms with Gasteiger partial charge in [0, 0.05) is 12.1 Å². The molecule has 0 aliphatic heterocycles. The van der Waals surface area contributed by atoms with E-state index in [-0.39, 0.29) is 17.7 Å². The minimum absolute atomic E-state index is 0.0670. The van der Waals surface area contributed by atoms with E-state index in [1.165, 1.54) is 22.9 Å². The first-order chi connectivity index (χ1) is 13.6. The van der Waals surface area contributed by atoms with E-state index in [1.54, 1.807) is 16.8 Å². The van der Waals surface area contributed by atoms with Gasteiger partial charge >= 0.3 is 0 Å². The highest BCUT2D eigenvalue weighted by Gasteiger charge is 2.26. The average molecular weight is 414 g/mol. The van der Waals surface area contributed by atoms with Gasteiger partial charge in [-0.25, -0.2) is 0 Å². The van der Waals surface area contributed by atoms with Gasteiger partial charge in [-0.05, 0) is 65.1 Å². The van der Waals surface area contributed by atoms with E-state index in [9.17, 15) is 4.79 Å². The van der Waals surface area contributed by atoms with Crippen molar-refractivity contribution in [2.45, 2.75) is 30.5 Å². The Balaban J connectivity index is 1.44. The Bertz CT molecular complexity index is 975. The lowest BCUT2D eigenvalue weighted by Crippen LogP contribution is -2.34. The quantitative estimate of drug-likeness (QED) is 0.593. The van der Waals surface area contributed by atoms with E-state index < -0.39 is 0 Å². The van der Waals surface area contributed by atoms with Crippen LogP contribution >= 0.6 is 23.4 Å². The molecule has 0 unspecified atom stereocenters. The van der Waals surface area contributed by atoms with Gasteiger partial charge in [0.15, 0.2) is 0 Å². The number of carbonyl (C=O) groups is 1. The molecular weight excluding hydrogens is 394 g/mol. The monoisotopic (exact) mass is 413 g/mol. The van der Waals surface area contributed by atoms with Crippen LogP contribution in [0, 0.1) is 0 Å². The zero-order valence-corrected chi connectivity index (χ0v) is 17.0. The molecule has 1 amide bonds. The molecule has 2 aromatic carbocycles. The molecule has 1 aliphatic carbocycles. The Morgan fingerprint density at radius 3 is 2.86 bits per heavy atom. The number of benzene rings is 2. The highest BCUT2D eigenvalue weighted by atomic mass is 35.5. The molecule has 28 heavy (non-hydrogen) atoms. The molecule has 0 bridgehead atoms. The number of amides is 1. The van der Waals surface area contributed by atoms with Gasteiger partial charge in [0.1, 0.15) is 0 Å². The number of aromatic nitrogens is 4. The number of thioether (sulfide) groups is 1. The van der Waals surface area contributed by atoms with Crippen LogP contribution in [-0.4, -0.2) is 43.8 Å². The van der Waals surface area contributed by atoms with E-state index in [0.717, 1.165) is 24.9 Å². The van der Waals surface area contributed by atoms with E-state index in [2.05, 4.69) is 33.7 Å². The summed E-state index contributed by atoms with van der Waals surface area (Å²) in [5.74, 6) is 0.348. The van der Waals surface area contributed by atoms with Crippen LogP contribution in [0.4, 0.5) is 0 Å². The summed E-state index contributed by atoms with van der Waals surface area (Å²) < 4.78 is 1.62. The predicted octanol–water partition coefficient (Wildman–Crippen LogP) is 3.94. The molecule has 8 heteroatoms. The van der Waals surface area contributed by atoms with Crippen LogP contribution in [0.25, 0.3) is 5.69 Å². The van der Waals surface area contributed by atoms with Gasteiger partial charge in [0.05, 0.1) is 17.5 Å². The smallest absolute Gasteiger partial charge is 0.233 e. The first kappa shape index (κ1) is 19.0. The maximum absolute atomic E-state index is 12.8. The van der Waals surface area contributed by atoms with Gasteiger partial charge in [0.2, 0.25) is 11.1 Å². The molecule has 0 fully saturated rings. The summed E-state index contributed by atoms with van der Waals surface area (Å²) in [6, 6.07) is 15.8. The van der Waals surface area contributed by atoms with Crippen LogP contribution in [0.1, 0.15) is 30.0 Å². The number of nitrogens with zero attached hydrogens (tertiary/aromatic N) is 5. The maximum Gasteiger partial charge on any atom is 0.233 e. The maximum atomic E-state index is 12.8. The first-order valence-electron chi connectivity index (χ1n) is 9.14. The molecule has 1 atom stereocenters. The molecule has 0 radical (unpaired) electrons. The van der Waals surface area contributed by atoms with Crippen molar-refractivity contribution in [3.63, 3.8) is 0 Å². The van der Waals surface area contributed by atoms with Gasteiger partial charge in [-0.2, -0.15) is 4.68 Å². The second kappa shape index (κ2) is 8.32. The molecule has 144 valence electrons. The van der Waals surface area contributed by atoms with Crippen molar-refractivity contribution in [1.82, 2.24) is 25.1 Å². The Hall–Kier alpha value is -2.38. The SMILES string of the molecule is CN(C(=O)CSc1nnnn1-c1ccc(Cl)cc1)[C@@H]1CCCc2ccccc21. The van der Waals surface area contributed by atoms with Crippen molar-refractivity contribution in [3.05, 3.63) is 64.7 Å². The Kier molecular flexibility index (Phi) is 5.64. The zero-order chi connectivity index (χ0) is 19.5. The van der Waals surface area contributed by atoms with Gasteiger partial charge in [-0.3, -0.25) is 4.79 Å². The fourth-order valence-electron chi connectivity index (χ4n) is 3.55. The van der Waals surface area contributed by atoms with Crippen molar-refractivity contribution in [2.24, 2.45) is 0 Å². The number of carbonyl (C=O) groups excluding carboxylic acids is 1. The van der Waals surface area contributed by atoms with Gasteiger partial charge < -0.3 is 4.90 Å². The van der Waals surface area contributed by atoms with E-state index in [4.69, 9.17) is 11.6 Å². The van der Waals surface area contributed by atoms with E-state index >= 15 is 0 Å². The third-order valence-electron chi connectivity index (χ3n) is 5.04. The van der Waals surface area contributed by atoms with E-state index in [1.807, 2.05) is 30.1 Å². The van der Waals surface area contributed by atoms with Crippen molar-refractivity contribution >= 4 is 29.3 Å². The van der Waals surface area contributed by atoms with Crippen molar-refractivity contribution < 1.29 is 4.79 Å². The molecule has 4 rings (SSSR count). The van der Waals surface area contributed by atoms with Crippen LogP contribution in [0.2, 0.25) is 5.02 Å². The predicted molar refractivity (Wildman–Crippen MR) is 110 cm³/mol. The van der Waals surface area contributed by atoms with Crippen LogP contribution in [0.3, 0.4) is 0 Å². The summed E-state index contributed by atoms with van der Waals surface area (Å²) in [5, 5.41) is 13.1. The number of halogens is 1. The summed E-state index contributed by atoms with van der Waals surface area (Å²) in [5.41, 5.74) is 3.41.